The van der Waals surface area contributed by atoms with Crippen LogP contribution in [-0.2, 0) is 11.2 Å². The number of Topliss-reactive ketones (excluding diaryl/α,β-unsaturated/α-hetero) is 1. The van der Waals surface area contributed by atoms with Crippen LogP contribution in [0.1, 0.15) is 57.7 Å². The van der Waals surface area contributed by atoms with Crippen molar-refractivity contribution >= 4 is 5.78 Å². The Balaban J connectivity index is 2.13. The van der Waals surface area contributed by atoms with Crippen molar-refractivity contribution in [1.82, 2.24) is 9.88 Å². The predicted octanol–water partition coefficient (Wildman–Crippen LogP) is 2.74. The van der Waals surface area contributed by atoms with E-state index in [1.165, 1.54) is 12.8 Å². The van der Waals surface area contributed by atoms with Crippen molar-refractivity contribution in [2.45, 2.75) is 58.5 Å². The van der Waals surface area contributed by atoms with Crippen LogP contribution >= 0.6 is 0 Å². The molecule has 1 saturated heterocycles. The summed E-state index contributed by atoms with van der Waals surface area (Å²) in [6.45, 7) is 7.09. The van der Waals surface area contributed by atoms with Gasteiger partial charge in [0.2, 0.25) is 5.89 Å². The lowest BCUT2D eigenvalue weighted by Gasteiger charge is -2.36. The molecule has 1 aliphatic heterocycles. The second-order valence-electron chi connectivity index (χ2n) is 5.39. The van der Waals surface area contributed by atoms with Gasteiger partial charge in [-0.25, -0.2) is 4.98 Å². The summed E-state index contributed by atoms with van der Waals surface area (Å²) in [5.41, 5.74) is 0. The average Bonchev–Trinajstić information content (AvgIpc) is 2.76. The molecule has 0 bridgehead atoms. The minimum absolute atomic E-state index is 0.113. The average molecular weight is 250 g/mol. The van der Waals surface area contributed by atoms with Crippen LogP contribution in [0.2, 0.25) is 0 Å². The molecule has 0 N–H and O–H groups in total. The maximum atomic E-state index is 11.1. The molecule has 0 aromatic carbocycles. The second kappa shape index (κ2) is 5.65. The number of carbonyl (C=O) groups excluding carboxylic acids is 1. The molecule has 0 aliphatic carbocycles. The first kappa shape index (κ1) is 13.3. The molecule has 4 nitrogen and oxygen atoms in total. The predicted molar refractivity (Wildman–Crippen MR) is 69.3 cm³/mol. The topological polar surface area (TPSA) is 46.3 Å². The molecular weight excluding hydrogens is 228 g/mol. The van der Waals surface area contributed by atoms with Gasteiger partial charge in [0.15, 0.2) is 0 Å². The summed E-state index contributed by atoms with van der Waals surface area (Å²) in [5, 5.41) is 0. The molecule has 1 atom stereocenters. The second-order valence-corrected chi connectivity index (χ2v) is 5.39. The smallest absolute Gasteiger partial charge is 0.211 e. The van der Waals surface area contributed by atoms with Gasteiger partial charge in [-0.15, -0.1) is 0 Å². The van der Waals surface area contributed by atoms with Gasteiger partial charge in [0, 0.05) is 6.04 Å². The highest BCUT2D eigenvalue weighted by atomic mass is 16.4. The van der Waals surface area contributed by atoms with Crippen LogP contribution in [0.3, 0.4) is 0 Å². The van der Waals surface area contributed by atoms with E-state index in [4.69, 9.17) is 4.42 Å². The number of carbonyl (C=O) groups is 1. The fourth-order valence-electron chi connectivity index (χ4n) is 2.64. The van der Waals surface area contributed by atoms with Crippen molar-refractivity contribution in [2.24, 2.45) is 0 Å². The SMILES string of the molecule is CC(=O)Cc1cnc(C2CCCCN2C(C)C)o1. The molecular formula is C14H22N2O2. The summed E-state index contributed by atoms with van der Waals surface area (Å²) in [4.78, 5) is 17.9. The maximum Gasteiger partial charge on any atom is 0.211 e. The molecule has 0 spiro atoms. The summed E-state index contributed by atoms with van der Waals surface area (Å²) >= 11 is 0. The molecule has 18 heavy (non-hydrogen) atoms. The van der Waals surface area contributed by atoms with Crippen molar-refractivity contribution in [3.05, 3.63) is 17.8 Å². The maximum absolute atomic E-state index is 11.1. The van der Waals surface area contributed by atoms with Crippen LogP contribution in [-0.4, -0.2) is 28.3 Å². The highest BCUT2D eigenvalue weighted by molar-refractivity contribution is 5.77. The molecule has 0 radical (unpaired) electrons. The van der Waals surface area contributed by atoms with Gasteiger partial charge in [-0.2, -0.15) is 0 Å². The van der Waals surface area contributed by atoms with E-state index in [0.29, 0.717) is 18.2 Å². The molecule has 1 fully saturated rings. The molecule has 2 rings (SSSR count). The van der Waals surface area contributed by atoms with Crippen molar-refractivity contribution in [3.8, 4) is 0 Å². The number of aromatic nitrogens is 1. The zero-order valence-electron chi connectivity index (χ0n) is 11.5. The van der Waals surface area contributed by atoms with Crippen LogP contribution in [0.15, 0.2) is 10.6 Å². The lowest BCUT2D eigenvalue weighted by Crippen LogP contribution is -2.38. The summed E-state index contributed by atoms with van der Waals surface area (Å²) in [5.74, 6) is 1.58. The zero-order valence-corrected chi connectivity index (χ0v) is 11.5. The monoisotopic (exact) mass is 250 g/mol. The largest absolute Gasteiger partial charge is 0.444 e. The molecule has 4 heteroatoms. The van der Waals surface area contributed by atoms with Crippen molar-refractivity contribution in [1.29, 1.82) is 0 Å². The van der Waals surface area contributed by atoms with E-state index in [1.807, 2.05) is 0 Å². The lowest BCUT2D eigenvalue weighted by molar-refractivity contribution is -0.116. The van der Waals surface area contributed by atoms with Crippen molar-refractivity contribution in [2.75, 3.05) is 6.54 Å². The van der Waals surface area contributed by atoms with Gasteiger partial charge in [-0.05, 0) is 40.2 Å². The van der Waals surface area contributed by atoms with Crippen LogP contribution in [0.4, 0.5) is 0 Å². The Morgan fingerprint density at radius 2 is 2.33 bits per heavy atom. The minimum Gasteiger partial charge on any atom is -0.444 e. The summed E-state index contributed by atoms with van der Waals surface area (Å²) in [6.07, 6.45) is 5.61. The number of hydrogen-bond acceptors (Lipinski definition) is 4. The molecule has 1 aromatic rings. The Hall–Kier alpha value is -1.16. The number of oxazole rings is 1. The number of piperidine rings is 1. The van der Waals surface area contributed by atoms with Crippen molar-refractivity contribution < 1.29 is 9.21 Å². The molecule has 1 aliphatic rings. The molecule has 0 amide bonds. The minimum atomic E-state index is 0.113. The molecule has 100 valence electrons. The third-order valence-electron chi connectivity index (χ3n) is 3.49. The zero-order chi connectivity index (χ0) is 13.1. The van der Waals surface area contributed by atoms with E-state index in [1.54, 1.807) is 13.1 Å². The van der Waals surface area contributed by atoms with Crippen molar-refractivity contribution in [3.63, 3.8) is 0 Å². The summed E-state index contributed by atoms with van der Waals surface area (Å²) < 4.78 is 5.74. The third kappa shape index (κ3) is 2.99. The van der Waals surface area contributed by atoms with Crippen LogP contribution in [0.25, 0.3) is 0 Å². The van der Waals surface area contributed by atoms with Gasteiger partial charge in [0.05, 0.1) is 18.7 Å². The summed E-state index contributed by atoms with van der Waals surface area (Å²) in [7, 11) is 0. The fourth-order valence-corrected chi connectivity index (χ4v) is 2.64. The van der Waals surface area contributed by atoms with E-state index in [2.05, 4.69) is 23.7 Å². The Morgan fingerprint density at radius 1 is 1.56 bits per heavy atom. The highest BCUT2D eigenvalue weighted by Crippen LogP contribution is 2.32. The molecule has 2 heterocycles. The van der Waals surface area contributed by atoms with Gasteiger partial charge >= 0.3 is 0 Å². The van der Waals surface area contributed by atoms with E-state index < -0.39 is 0 Å². The molecule has 0 saturated carbocycles. The Bertz CT molecular complexity index is 412. The van der Waals surface area contributed by atoms with Gasteiger partial charge in [0.1, 0.15) is 11.5 Å². The van der Waals surface area contributed by atoms with E-state index in [9.17, 15) is 4.79 Å². The fraction of sp³-hybridized carbons (Fsp3) is 0.714. The number of ketones is 1. The highest BCUT2D eigenvalue weighted by Gasteiger charge is 2.29. The van der Waals surface area contributed by atoms with E-state index >= 15 is 0 Å². The summed E-state index contributed by atoms with van der Waals surface area (Å²) in [6, 6.07) is 0.776. The third-order valence-corrected chi connectivity index (χ3v) is 3.49. The van der Waals surface area contributed by atoms with Gasteiger partial charge in [-0.3, -0.25) is 9.69 Å². The number of rotatable bonds is 4. The number of hydrogen-bond donors (Lipinski definition) is 0. The Labute approximate surface area is 108 Å². The number of nitrogens with zero attached hydrogens (tertiary/aromatic N) is 2. The Kier molecular flexibility index (Phi) is 4.17. The van der Waals surface area contributed by atoms with Gasteiger partial charge in [-0.1, -0.05) is 6.42 Å². The molecule has 1 aromatic heterocycles. The first-order valence-electron chi connectivity index (χ1n) is 6.77. The first-order chi connectivity index (χ1) is 8.58. The quantitative estimate of drug-likeness (QED) is 0.824. The Morgan fingerprint density at radius 3 is 3.00 bits per heavy atom. The number of likely N-dealkylation sites (tertiary alicyclic amines) is 1. The van der Waals surface area contributed by atoms with Crippen LogP contribution < -0.4 is 0 Å². The van der Waals surface area contributed by atoms with Gasteiger partial charge in [0.25, 0.3) is 0 Å². The van der Waals surface area contributed by atoms with E-state index in [-0.39, 0.29) is 11.8 Å². The lowest BCUT2D eigenvalue weighted by atomic mass is 10.0. The van der Waals surface area contributed by atoms with Gasteiger partial charge < -0.3 is 4.42 Å². The van der Waals surface area contributed by atoms with Crippen LogP contribution in [0.5, 0.6) is 0 Å². The van der Waals surface area contributed by atoms with Crippen LogP contribution in [0, 0.1) is 0 Å². The normalized spacial score (nSPS) is 21.4. The first-order valence-corrected chi connectivity index (χ1v) is 6.77. The van der Waals surface area contributed by atoms with E-state index in [0.717, 1.165) is 18.9 Å². The molecule has 1 unspecified atom stereocenters. The standard InChI is InChI=1S/C14H22N2O2/c1-10(2)16-7-5-4-6-13(16)14-15-9-12(18-14)8-11(3)17/h9-10,13H,4-8H2,1-3H3.